The highest BCUT2D eigenvalue weighted by Crippen LogP contribution is 2.28. The quantitative estimate of drug-likeness (QED) is 0.803. The highest BCUT2D eigenvalue weighted by atomic mass is 16.2. The molecule has 0 unspecified atom stereocenters. The molecule has 142 valence electrons. The molecule has 2 fully saturated rings. The topological polar surface area (TPSA) is 75.5 Å². The molecule has 2 aliphatic rings. The predicted molar refractivity (Wildman–Crippen MR) is 101 cm³/mol. The fourth-order valence-corrected chi connectivity index (χ4v) is 3.78. The fourth-order valence-electron chi connectivity index (χ4n) is 3.78. The molecule has 7 nitrogen and oxygen atoms in total. The molecule has 27 heavy (non-hydrogen) atoms. The Morgan fingerprint density at radius 1 is 1.04 bits per heavy atom. The van der Waals surface area contributed by atoms with Crippen LogP contribution in [0.1, 0.15) is 36.0 Å². The van der Waals surface area contributed by atoms with E-state index < -0.39 is 0 Å². The number of benzene rings is 1. The van der Waals surface area contributed by atoms with Crippen molar-refractivity contribution in [1.29, 1.82) is 0 Å². The number of aryl methyl sites for hydroxylation is 1. The molecule has 1 saturated carbocycles. The van der Waals surface area contributed by atoms with Crippen LogP contribution in [0.15, 0.2) is 29.3 Å². The van der Waals surface area contributed by atoms with Crippen LogP contribution in [0.3, 0.4) is 0 Å². The number of carbonyl (C=O) groups excluding carboxylic acids is 2. The maximum absolute atomic E-state index is 12.9. The van der Waals surface area contributed by atoms with E-state index in [2.05, 4.69) is 4.98 Å². The standard InChI is InChI=1S/C20H24N4O3/c1-22-13-21-17-12-15(6-7-16(17)20(22)27)19(26)24-9-3-8-23(10-11-24)18(25)14-4-2-5-14/h6-7,12-14H,2-5,8-11H2,1H3. The summed E-state index contributed by atoms with van der Waals surface area (Å²) < 4.78 is 1.42. The van der Waals surface area contributed by atoms with Gasteiger partial charge in [-0.15, -0.1) is 0 Å². The first-order valence-corrected chi connectivity index (χ1v) is 9.58. The summed E-state index contributed by atoms with van der Waals surface area (Å²) in [4.78, 5) is 45.5. The highest BCUT2D eigenvalue weighted by molar-refractivity contribution is 5.97. The Labute approximate surface area is 157 Å². The van der Waals surface area contributed by atoms with Crippen molar-refractivity contribution < 1.29 is 9.59 Å². The minimum absolute atomic E-state index is 0.0719. The summed E-state index contributed by atoms with van der Waals surface area (Å²) >= 11 is 0. The molecule has 2 aromatic rings. The zero-order chi connectivity index (χ0) is 19.0. The lowest BCUT2D eigenvalue weighted by Crippen LogP contribution is -2.41. The number of aromatic nitrogens is 2. The van der Waals surface area contributed by atoms with Gasteiger partial charge in [0.05, 0.1) is 17.2 Å². The third kappa shape index (κ3) is 3.34. The molecule has 7 heteroatoms. The van der Waals surface area contributed by atoms with E-state index in [0.717, 1.165) is 25.7 Å². The zero-order valence-corrected chi connectivity index (χ0v) is 15.6. The van der Waals surface area contributed by atoms with Crippen molar-refractivity contribution in [3.63, 3.8) is 0 Å². The van der Waals surface area contributed by atoms with Gasteiger partial charge in [0.2, 0.25) is 5.91 Å². The fraction of sp³-hybridized carbons (Fsp3) is 0.500. The Hall–Kier alpha value is -2.70. The van der Waals surface area contributed by atoms with Crippen molar-refractivity contribution in [1.82, 2.24) is 19.4 Å². The van der Waals surface area contributed by atoms with Crippen LogP contribution in [0.5, 0.6) is 0 Å². The molecule has 0 atom stereocenters. The first-order valence-electron chi connectivity index (χ1n) is 9.58. The number of amides is 2. The van der Waals surface area contributed by atoms with Crippen molar-refractivity contribution in [2.75, 3.05) is 26.2 Å². The van der Waals surface area contributed by atoms with Crippen LogP contribution in [0.25, 0.3) is 10.9 Å². The second kappa shape index (κ2) is 7.13. The number of hydrogen-bond acceptors (Lipinski definition) is 4. The predicted octanol–water partition coefficient (Wildman–Crippen LogP) is 1.41. The summed E-state index contributed by atoms with van der Waals surface area (Å²) in [6, 6.07) is 5.04. The van der Waals surface area contributed by atoms with Gasteiger partial charge in [0.25, 0.3) is 11.5 Å². The summed E-state index contributed by atoms with van der Waals surface area (Å²) in [6.45, 7) is 2.48. The number of hydrogen-bond donors (Lipinski definition) is 0. The summed E-state index contributed by atoms with van der Waals surface area (Å²) in [6.07, 6.45) is 5.41. The molecule has 2 amide bonds. The average molecular weight is 368 g/mol. The Kier molecular flexibility index (Phi) is 4.68. The SMILES string of the molecule is Cn1cnc2cc(C(=O)N3CCCN(C(=O)C4CCC4)CC3)ccc2c1=O. The first kappa shape index (κ1) is 17.7. The molecule has 0 bridgehead atoms. The largest absolute Gasteiger partial charge is 0.341 e. The Morgan fingerprint density at radius 2 is 1.78 bits per heavy atom. The van der Waals surface area contributed by atoms with Crippen LogP contribution in [0, 0.1) is 5.92 Å². The van der Waals surface area contributed by atoms with Crippen molar-refractivity contribution >= 4 is 22.7 Å². The van der Waals surface area contributed by atoms with Gasteiger partial charge in [-0.1, -0.05) is 6.42 Å². The molecular formula is C20H24N4O3. The lowest BCUT2D eigenvalue weighted by Gasteiger charge is -2.31. The van der Waals surface area contributed by atoms with Crippen LogP contribution >= 0.6 is 0 Å². The zero-order valence-electron chi connectivity index (χ0n) is 15.6. The van der Waals surface area contributed by atoms with Gasteiger partial charge in [-0.05, 0) is 37.5 Å². The smallest absolute Gasteiger partial charge is 0.260 e. The van der Waals surface area contributed by atoms with E-state index in [9.17, 15) is 14.4 Å². The summed E-state index contributed by atoms with van der Waals surface area (Å²) in [5.41, 5.74) is 0.932. The van der Waals surface area contributed by atoms with Gasteiger partial charge in [-0.25, -0.2) is 4.98 Å². The molecule has 1 aromatic carbocycles. The monoisotopic (exact) mass is 368 g/mol. The second-order valence-corrected chi connectivity index (χ2v) is 7.49. The molecule has 2 heterocycles. The van der Waals surface area contributed by atoms with E-state index in [-0.39, 0.29) is 23.3 Å². The number of carbonyl (C=O) groups is 2. The van der Waals surface area contributed by atoms with Crippen LogP contribution in [0.2, 0.25) is 0 Å². The van der Waals surface area contributed by atoms with Gasteiger partial charge in [0.1, 0.15) is 0 Å². The van der Waals surface area contributed by atoms with Crippen molar-refractivity contribution in [3.05, 3.63) is 40.4 Å². The van der Waals surface area contributed by atoms with E-state index >= 15 is 0 Å². The minimum atomic E-state index is -0.126. The highest BCUT2D eigenvalue weighted by Gasteiger charge is 2.31. The van der Waals surface area contributed by atoms with Gasteiger partial charge in [0, 0.05) is 44.7 Å². The third-order valence-electron chi connectivity index (χ3n) is 5.71. The molecule has 0 radical (unpaired) electrons. The maximum atomic E-state index is 12.9. The molecular weight excluding hydrogens is 344 g/mol. The van der Waals surface area contributed by atoms with E-state index in [1.165, 1.54) is 10.9 Å². The lowest BCUT2D eigenvalue weighted by molar-refractivity contribution is -0.138. The maximum Gasteiger partial charge on any atom is 0.260 e. The Bertz CT molecular complexity index is 948. The van der Waals surface area contributed by atoms with E-state index in [4.69, 9.17) is 0 Å². The van der Waals surface area contributed by atoms with E-state index in [1.54, 1.807) is 30.1 Å². The van der Waals surface area contributed by atoms with Gasteiger partial charge in [-0.3, -0.25) is 14.4 Å². The van der Waals surface area contributed by atoms with Crippen LogP contribution in [-0.4, -0.2) is 57.3 Å². The molecule has 4 rings (SSSR count). The Morgan fingerprint density at radius 3 is 2.52 bits per heavy atom. The van der Waals surface area contributed by atoms with Crippen LogP contribution in [0.4, 0.5) is 0 Å². The van der Waals surface area contributed by atoms with Crippen LogP contribution < -0.4 is 5.56 Å². The summed E-state index contributed by atoms with van der Waals surface area (Å²) in [5, 5.41) is 0.504. The molecule has 1 aliphatic heterocycles. The van der Waals surface area contributed by atoms with Crippen molar-refractivity contribution in [3.8, 4) is 0 Å². The normalized spacial score (nSPS) is 18.3. The minimum Gasteiger partial charge on any atom is -0.341 e. The van der Waals surface area contributed by atoms with Crippen molar-refractivity contribution in [2.45, 2.75) is 25.7 Å². The summed E-state index contributed by atoms with van der Waals surface area (Å²) in [5.74, 6) is 0.375. The van der Waals surface area contributed by atoms with Crippen molar-refractivity contribution in [2.24, 2.45) is 13.0 Å². The number of rotatable bonds is 2. The molecule has 1 saturated heterocycles. The molecule has 0 N–H and O–H groups in total. The van der Waals surface area contributed by atoms with Crippen LogP contribution in [-0.2, 0) is 11.8 Å². The third-order valence-corrected chi connectivity index (χ3v) is 5.71. The van der Waals surface area contributed by atoms with E-state index in [0.29, 0.717) is 42.6 Å². The van der Waals surface area contributed by atoms with Gasteiger partial charge in [-0.2, -0.15) is 0 Å². The number of fused-ring (bicyclic) bond motifs is 1. The average Bonchev–Trinajstić information content (AvgIpc) is 2.88. The molecule has 1 aromatic heterocycles. The second-order valence-electron chi connectivity index (χ2n) is 7.49. The Balaban J connectivity index is 1.49. The van der Waals surface area contributed by atoms with Gasteiger partial charge < -0.3 is 14.4 Å². The van der Waals surface area contributed by atoms with Gasteiger partial charge >= 0.3 is 0 Å². The molecule has 0 spiro atoms. The molecule has 1 aliphatic carbocycles. The lowest BCUT2D eigenvalue weighted by atomic mass is 9.84. The van der Waals surface area contributed by atoms with Gasteiger partial charge in [0.15, 0.2) is 0 Å². The van der Waals surface area contributed by atoms with E-state index in [1.807, 2.05) is 4.90 Å². The number of nitrogens with zero attached hydrogens (tertiary/aromatic N) is 4. The summed E-state index contributed by atoms with van der Waals surface area (Å²) in [7, 11) is 1.65. The first-order chi connectivity index (χ1) is 13.0.